The molecule has 0 saturated carbocycles. The molecule has 0 aliphatic heterocycles. The van der Waals surface area contributed by atoms with Crippen LogP contribution < -0.4 is 5.73 Å². The SMILES string of the molecule is Cc1nn(C)c(C)c1CC(F)(F)CN. The lowest BCUT2D eigenvalue weighted by atomic mass is 10.1. The van der Waals surface area contributed by atoms with Gasteiger partial charge in [-0.3, -0.25) is 4.68 Å². The number of nitrogens with zero attached hydrogens (tertiary/aromatic N) is 2. The van der Waals surface area contributed by atoms with Crippen LogP contribution in [0.3, 0.4) is 0 Å². The average molecular weight is 203 g/mol. The molecule has 3 nitrogen and oxygen atoms in total. The topological polar surface area (TPSA) is 43.8 Å². The van der Waals surface area contributed by atoms with Gasteiger partial charge in [0, 0.05) is 24.7 Å². The molecule has 0 spiro atoms. The smallest absolute Gasteiger partial charge is 0.264 e. The molecule has 0 saturated heterocycles. The van der Waals surface area contributed by atoms with Gasteiger partial charge in [-0.2, -0.15) is 5.10 Å². The molecule has 1 rings (SSSR count). The first kappa shape index (κ1) is 11.1. The van der Waals surface area contributed by atoms with E-state index in [4.69, 9.17) is 5.73 Å². The van der Waals surface area contributed by atoms with Crippen LogP contribution in [0.2, 0.25) is 0 Å². The van der Waals surface area contributed by atoms with Gasteiger partial charge < -0.3 is 5.73 Å². The molecular formula is C9H15F2N3. The van der Waals surface area contributed by atoms with Crippen molar-refractivity contribution in [2.45, 2.75) is 26.2 Å². The third-order valence-electron chi connectivity index (χ3n) is 2.39. The summed E-state index contributed by atoms with van der Waals surface area (Å²) in [5.41, 5.74) is 7.01. The van der Waals surface area contributed by atoms with E-state index in [1.165, 1.54) is 0 Å². The number of halogens is 2. The lowest BCUT2D eigenvalue weighted by molar-refractivity contribution is 0.0112. The van der Waals surface area contributed by atoms with Crippen molar-refractivity contribution in [3.05, 3.63) is 17.0 Å². The summed E-state index contributed by atoms with van der Waals surface area (Å²) < 4.78 is 27.7. The van der Waals surface area contributed by atoms with E-state index in [0.717, 1.165) is 5.69 Å². The second kappa shape index (κ2) is 3.65. The van der Waals surface area contributed by atoms with E-state index in [9.17, 15) is 8.78 Å². The molecule has 1 heterocycles. The fourth-order valence-corrected chi connectivity index (χ4v) is 1.40. The second-order valence-electron chi connectivity index (χ2n) is 3.51. The summed E-state index contributed by atoms with van der Waals surface area (Å²) in [6, 6.07) is 0. The molecule has 0 aliphatic rings. The number of alkyl halides is 2. The fourth-order valence-electron chi connectivity index (χ4n) is 1.40. The van der Waals surface area contributed by atoms with E-state index in [1.807, 2.05) is 0 Å². The highest BCUT2D eigenvalue weighted by atomic mass is 19.3. The summed E-state index contributed by atoms with van der Waals surface area (Å²) >= 11 is 0. The fraction of sp³-hybridized carbons (Fsp3) is 0.667. The van der Waals surface area contributed by atoms with E-state index in [2.05, 4.69) is 5.10 Å². The molecule has 0 atom stereocenters. The first-order valence-electron chi connectivity index (χ1n) is 4.44. The van der Waals surface area contributed by atoms with Crippen LogP contribution in [0.15, 0.2) is 0 Å². The average Bonchev–Trinajstić information content (AvgIpc) is 2.32. The molecule has 1 aromatic heterocycles. The van der Waals surface area contributed by atoms with Gasteiger partial charge >= 0.3 is 0 Å². The predicted octanol–water partition coefficient (Wildman–Crippen LogP) is 1.17. The molecule has 2 N–H and O–H groups in total. The second-order valence-corrected chi connectivity index (χ2v) is 3.51. The molecule has 0 radical (unpaired) electrons. The van der Waals surface area contributed by atoms with Gasteiger partial charge in [-0.25, -0.2) is 8.78 Å². The Balaban J connectivity index is 2.97. The molecule has 5 heteroatoms. The zero-order chi connectivity index (χ0) is 10.9. The van der Waals surface area contributed by atoms with Crippen molar-refractivity contribution < 1.29 is 8.78 Å². The van der Waals surface area contributed by atoms with Crippen molar-refractivity contribution in [2.75, 3.05) is 6.54 Å². The van der Waals surface area contributed by atoms with Gasteiger partial charge in [0.2, 0.25) is 0 Å². The van der Waals surface area contributed by atoms with Crippen LogP contribution in [-0.2, 0) is 13.5 Å². The van der Waals surface area contributed by atoms with Gasteiger partial charge in [-0.05, 0) is 13.8 Å². The van der Waals surface area contributed by atoms with Gasteiger partial charge in [-0.1, -0.05) is 0 Å². The molecule has 0 aromatic carbocycles. The van der Waals surface area contributed by atoms with Gasteiger partial charge in [-0.15, -0.1) is 0 Å². The Labute approximate surface area is 81.9 Å². The minimum absolute atomic E-state index is 0.324. The van der Waals surface area contributed by atoms with Crippen LogP contribution in [0.4, 0.5) is 8.78 Å². The third kappa shape index (κ3) is 2.09. The zero-order valence-electron chi connectivity index (χ0n) is 8.64. The molecule has 0 amide bonds. The highest BCUT2D eigenvalue weighted by Crippen LogP contribution is 2.22. The van der Waals surface area contributed by atoms with Crippen LogP contribution in [0.1, 0.15) is 17.0 Å². The molecule has 80 valence electrons. The number of nitrogens with two attached hydrogens (primary N) is 1. The highest BCUT2D eigenvalue weighted by Gasteiger charge is 2.29. The van der Waals surface area contributed by atoms with Crippen LogP contribution in [0.25, 0.3) is 0 Å². The van der Waals surface area contributed by atoms with E-state index >= 15 is 0 Å². The van der Waals surface area contributed by atoms with Crippen molar-refractivity contribution in [1.82, 2.24) is 9.78 Å². The van der Waals surface area contributed by atoms with Crippen LogP contribution in [-0.4, -0.2) is 22.2 Å². The van der Waals surface area contributed by atoms with Gasteiger partial charge in [0.05, 0.1) is 12.2 Å². The molecule has 0 bridgehead atoms. The van der Waals surface area contributed by atoms with Gasteiger partial charge in [0.25, 0.3) is 5.92 Å². The Morgan fingerprint density at radius 1 is 1.43 bits per heavy atom. The van der Waals surface area contributed by atoms with Crippen LogP contribution in [0.5, 0.6) is 0 Å². The normalized spacial score (nSPS) is 12.1. The molecule has 14 heavy (non-hydrogen) atoms. The maximum absolute atomic E-state index is 13.0. The van der Waals surface area contributed by atoms with Crippen molar-refractivity contribution in [3.63, 3.8) is 0 Å². The number of hydrogen-bond donors (Lipinski definition) is 1. The van der Waals surface area contributed by atoms with E-state index in [-0.39, 0.29) is 6.42 Å². The monoisotopic (exact) mass is 203 g/mol. The summed E-state index contributed by atoms with van der Waals surface area (Å²) in [5, 5.41) is 4.07. The number of hydrogen-bond acceptors (Lipinski definition) is 2. The highest BCUT2D eigenvalue weighted by molar-refractivity contribution is 5.25. The summed E-state index contributed by atoms with van der Waals surface area (Å²) in [4.78, 5) is 0. The Kier molecular flexibility index (Phi) is 2.89. The minimum atomic E-state index is -2.83. The van der Waals surface area contributed by atoms with E-state index < -0.39 is 12.5 Å². The maximum Gasteiger partial charge on any atom is 0.264 e. The summed E-state index contributed by atoms with van der Waals surface area (Å²) in [6.07, 6.45) is -0.324. The van der Waals surface area contributed by atoms with Crippen molar-refractivity contribution in [3.8, 4) is 0 Å². The predicted molar refractivity (Wildman–Crippen MR) is 50.4 cm³/mol. The molecule has 0 aliphatic carbocycles. The Bertz CT molecular complexity index is 331. The first-order valence-corrected chi connectivity index (χ1v) is 4.44. The number of aryl methyl sites for hydroxylation is 2. The van der Waals surface area contributed by atoms with Crippen molar-refractivity contribution >= 4 is 0 Å². The minimum Gasteiger partial charge on any atom is -0.325 e. The van der Waals surface area contributed by atoms with Crippen molar-refractivity contribution in [2.24, 2.45) is 12.8 Å². The Morgan fingerprint density at radius 3 is 2.36 bits per heavy atom. The Hall–Kier alpha value is -0.970. The quantitative estimate of drug-likeness (QED) is 0.801. The van der Waals surface area contributed by atoms with E-state index in [1.54, 1.807) is 25.6 Å². The summed E-state index contributed by atoms with van der Waals surface area (Å²) in [6.45, 7) is 2.89. The lowest BCUT2D eigenvalue weighted by Gasteiger charge is -2.13. The zero-order valence-corrected chi connectivity index (χ0v) is 8.64. The first-order chi connectivity index (χ1) is 6.37. The number of rotatable bonds is 3. The van der Waals surface area contributed by atoms with Gasteiger partial charge in [0.1, 0.15) is 0 Å². The maximum atomic E-state index is 13.0. The standard InChI is InChI=1S/C9H15F2N3/c1-6-8(4-9(10,11)5-12)7(2)14(3)13-6/h4-5,12H2,1-3H3. The summed E-state index contributed by atoms with van der Waals surface area (Å²) in [7, 11) is 1.74. The van der Waals surface area contributed by atoms with E-state index in [0.29, 0.717) is 11.3 Å². The van der Waals surface area contributed by atoms with Crippen LogP contribution in [0, 0.1) is 13.8 Å². The van der Waals surface area contributed by atoms with Crippen LogP contribution >= 0.6 is 0 Å². The lowest BCUT2D eigenvalue weighted by Crippen LogP contribution is -2.30. The van der Waals surface area contributed by atoms with Crippen molar-refractivity contribution in [1.29, 1.82) is 0 Å². The summed E-state index contributed by atoms with van der Waals surface area (Å²) in [5.74, 6) is -2.83. The third-order valence-corrected chi connectivity index (χ3v) is 2.39. The molecule has 0 unspecified atom stereocenters. The Morgan fingerprint density at radius 2 is 2.00 bits per heavy atom. The molecule has 1 aromatic rings. The van der Waals surface area contributed by atoms with Gasteiger partial charge in [0.15, 0.2) is 0 Å². The number of aromatic nitrogens is 2. The molecular weight excluding hydrogens is 188 g/mol. The largest absolute Gasteiger partial charge is 0.325 e. The molecule has 0 fully saturated rings.